The predicted octanol–water partition coefficient (Wildman–Crippen LogP) is 2.48. The molecule has 37 heavy (non-hydrogen) atoms. The summed E-state index contributed by atoms with van der Waals surface area (Å²) in [6.07, 6.45) is 0.182. The lowest BCUT2D eigenvalue weighted by molar-refractivity contribution is -0.123. The number of rotatable bonds is 16. The molecule has 0 saturated heterocycles. The van der Waals surface area contributed by atoms with Crippen LogP contribution in [0.1, 0.15) is 45.1 Å². The molecule has 0 aliphatic heterocycles. The number of amides is 2. The van der Waals surface area contributed by atoms with Gasteiger partial charge in [0.25, 0.3) is 0 Å². The Morgan fingerprint density at radius 2 is 1.70 bits per heavy atom. The number of carbonyl (C=O) groups is 2. The maximum Gasteiger partial charge on any atom is 0.243 e. The van der Waals surface area contributed by atoms with Crippen molar-refractivity contribution in [3.63, 3.8) is 0 Å². The van der Waals surface area contributed by atoms with Gasteiger partial charge in [0.2, 0.25) is 21.8 Å². The predicted molar refractivity (Wildman–Crippen MR) is 142 cm³/mol. The molecule has 2 unspecified atom stereocenters. The van der Waals surface area contributed by atoms with E-state index < -0.39 is 28.1 Å². The van der Waals surface area contributed by atoms with Gasteiger partial charge in [-0.1, -0.05) is 44.2 Å². The molecular formula is C27H39N3O6S. The number of hydrogen-bond acceptors (Lipinski definition) is 6. The number of methoxy groups -OCH3 is 1. The standard InChI is InChI=1S/C27H39N3O6S/c1-20(2)16-17-30(37(34,35)23-14-12-22(36-3)13-15-23)19-25(31)24(18-21-8-5-4-6-9-21)29-27(33)11-7-10-26(28)32/h4-6,8-9,12-15,20,24-25,31H,7,10-11,16-19H2,1-3H3,(H2,28,32)(H,29,33). The van der Waals surface area contributed by atoms with E-state index in [2.05, 4.69) is 5.32 Å². The van der Waals surface area contributed by atoms with Crippen LogP contribution in [0.15, 0.2) is 59.5 Å². The highest BCUT2D eigenvalue weighted by molar-refractivity contribution is 7.89. The minimum atomic E-state index is -3.92. The monoisotopic (exact) mass is 533 g/mol. The average molecular weight is 534 g/mol. The Hall–Kier alpha value is -2.95. The maximum atomic E-state index is 13.5. The fourth-order valence-corrected chi connectivity index (χ4v) is 5.27. The minimum absolute atomic E-state index is 0.0716. The second-order valence-corrected chi connectivity index (χ2v) is 11.4. The third-order valence-corrected chi connectivity index (χ3v) is 7.86. The number of ether oxygens (including phenoxy) is 1. The maximum absolute atomic E-state index is 13.5. The van der Waals surface area contributed by atoms with Crippen LogP contribution in [-0.4, -0.2) is 62.0 Å². The van der Waals surface area contributed by atoms with Crippen LogP contribution in [0.2, 0.25) is 0 Å². The first-order valence-corrected chi connectivity index (χ1v) is 13.9. The molecule has 0 radical (unpaired) electrons. The molecule has 9 nitrogen and oxygen atoms in total. The van der Waals surface area contributed by atoms with Crippen molar-refractivity contribution < 1.29 is 27.9 Å². The lowest BCUT2D eigenvalue weighted by Gasteiger charge is -2.30. The summed E-state index contributed by atoms with van der Waals surface area (Å²) in [5.41, 5.74) is 6.04. The number of hydrogen-bond donors (Lipinski definition) is 3. The molecule has 2 aromatic rings. The van der Waals surface area contributed by atoms with Crippen LogP contribution < -0.4 is 15.8 Å². The van der Waals surface area contributed by atoms with Crippen molar-refractivity contribution in [2.24, 2.45) is 11.7 Å². The van der Waals surface area contributed by atoms with Crippen LogP contribution in [0.25, 0.3) is 0 Å². The summed E-state index contributed by atoms with van der Waals surface area (Å²) in [4.78, 5) is 23.7. The molecule has 2 amide bonds. The molecule has 2 aromatic carbocycles. The Balaban J connectivity index is 2.26. The Morgan fingerprint density at radius 3 is 2.27 bits per heavy atom. The van der Waals surface area contributed by atoms with Gasteiger partial charge in [-0.3, -0.25) is 9.59 Å². The highest BCUT2D eigenvalue weighted by atomic mass is 32.2. The van der Waals surface area contributed by atoms with E-state index in [9.17, 15) is 23.1 Å². The molecule has 0 aliphatic carbocycles. The Labute approximate surface area is 220 Å². The first-order chi connectivity index (χ1) is 17.5. The highest BCUT2D eigenvalue weighted by Crippen LogP contribution is 2.21. The van der Waals surface area contributed by atoms with Crippen molar-refractivity contribution in [3.8, 4) is 5.75 Å². The second kappa shape index (κ2) is 14.7. The fraction of sp³-hybridized carbons (Fsp3) is 0.481. The Morgan fingerprint density at radius 1 is 1.05 bits per heavy atom. The molecule has 0 aliphatic rings. The van der Waals surface area contributed by atoms with Crippen LogP contribution in [0.3, 0.4) is 0 Å². The molecule has 0 spiro atoms. The molecule has 0 aromatic heterocycles. The van der Waals surface area contributed by atoms with Crippen LogP contribution >= 0.6 is 0 Å². The van der Waals surface area contributed by atoms with Crippen LogP contribution in [0.5, 0.6) is 5.75 Å². The van der Waals surface area contributed by atoms with Gasteiger partial charge in [-0.05, 0) is 55.0 Å². The zero-order valence-corrected chi connectivity index (χ0v) is 22.6. The van der Waals surface area contributed by atoms with Gasteiger partial charge >= 0.3 is 0 Å². The Kier molecular flexibility index (Phi) is 12.0. The zero-order valence-electron chi connectivity index (χ0n) is 21.8. The van der Waals surface area contributed by atoms with Crippen molar-refractivity contribution >= 4 is 21.8 Å². The van der Waals surface area contributed by atoms with Gasteiger partial charge in [0, 0.05) is 25.9 Å². The third-order valence-electron chi connectivity index (χ3n) is 5.98. The molecule has 204 valence electrons. The number of nitrogens with two attached hydrogens (primary N) is 1. The number of nitrogens with one attached hydrogen (secondary N) is 1. The normalized spacial score (nSPS) is 13.4. The summed E-state index contributed by atoms with van der Waals surface area (Å²) >= 11 is 0. The molecule has 0 saturated carbocycles. The number of benzene rings is 2. The first kappa shape index (κ1) is 30.3. The number of nitrogens with zero attached hydrogens (tertiary/aromatic N) is 1. The SMILES string of the molecule is COc1ccc(S(=O)(=O)N(CCC(C)C)CC(O)C(Cc2ccccc2)NC(=O)CCCC(N)=O)cc1. The summed E-state index contributed by atoms with van der Waals surface area (Å²) in [5, 5.41) is 14.1. The van der Waals surface area contributed by atoms with Crippen molar-refractivity contribution in [1.29, 1.82) is 0 Å². The van der Waals surface area contributed by atoms with Gasteiger partial charge in [-0.25, -0.2) is 8.42 Å². The Bertz CT molecular complexity index is 1090. The van der Waals surface area contributed by atoms with Crippen LogP contribution in [0, 0.1) is 5.92 Å². The summed E-state index contributed by atoms with van der Waals surface area (Å²) in [5.74, 6) is -0.0448. The van der Waals surface area contributed by atoms with Crippen molar-refractivity contribution in [2.75, 3.05) is 20.2 Å². The van der Waals surface area contributed by atoms with E-state index in [4.69, 9.17) is 10.5 Å². The highest BCUT2D eigenvalue weighted by Gasteiger charge is 2.31. The van der Waals surface area contributed by atoms with Gasteiger partial charge in [-0.15, -0.1) is 0 Å². The first-order valence-electron chi connectivity index (χ1n) is 12.5. The lowest BCUT2D eigenvalue weighted by Crippen LogP contribution is -2.50. The average Bonchev–Trinajstić information content (AvgIpc) is 2.86. The second-order valence-electron chi connectivity index (χ2n) is 9.47. The third kappa shape index (κ3) is 10.1. The number of aliphatic hydroxyl groups excluding tert-OH is 1. The van der Waals surface area contributed by atoms with Gasteiger partial charge in [-0.2, -0.15) is 4.31 Å². The zero-order chi connectivity index (χ0) is 27.4. The number of carbonyl (C=O) groups excluding carboxylic acids is 2. The van der Waals surface area contributed by atoms with E-state index in [0.717, 1.165) is 5.56 Å². The molecule has 2 rings (SSSR count). The van der Waals surface area contributed by atoms with E-state index >= 15 is 0 Å². The van der Waals surface area contributed by atoms with E-state index in [-0.39, 0.29) is 42.7 Å². The molecular weight excluding hydrogens is 494 g/mol. The molecule has 4 N–H and O–H groups in total. The molecule has 0 fully saturated rings. The summed E-state index contributed by atoms with van der Waals surface area (Å²) in [6, 6.07) is 14.7. The van der Waals surface area contributed by atoms with Crippen molar-refractivity contribution in [1.82, 2.24) is 9.62 Å². The largest absolute Gasteiger partial charge is 0.497 e. The van der Waals surface area contributed by atoms with Gasteiger partial charge in [0.1, 0.15) is 5.75 Å². The van der Waals surface area contributed by atoms with Crippen LogP contribution in [-0.2, 0) is 26.0 Å². The fourth-order valence-electron chi connectivity index (χ4n) is 3.80. The van der Waals surface area contributed by atoms with Gasteiger partial charge in [0.05, 0.1) is 24.2 Å². The van der Waals surface area contributed by atoms with E-state index in [1.165, 1.54) is 23.5 Å². The number of aliphatic hydroxyl groups is 1. The lowest BCUT2D eigenvalue weighted by atomic mass is 10.0. The molecule has 2 atom stereocenters. The van der Waals surface area contributed by atoms with Crippen LogP contribution in [0.4, 0.5) is 0 Å². The minimum Gasteiger partial charge on any atom is -0.497 e. The van der Waals surface area contributed by atoms with E-state index in [1.54, 1.807) is 12.1 Å². The topological polar surface area (TPSA) is 139 Å². The summed E-state index contributed by atoms with van der Waals surface area (Å²) in [6.45, 7) is 4.02. The van der Waals surface area contributed by atoms with Gasteiger partial charge < -0.3 is 20.9 Å². The number of primary amides is 1. The van der Waals surface area contributed by atoms with Gasteiger partial charge in [0.15, 0.2) is 0 Å². The van der Waals surface area contributed by atoms with E-state index in [0.29, 0.717) is 25.0 Å². The van der Waals surface area contributed by atoms with Crippen molar-refractivity contribution in [3.05, 3.63) is 60.2 Å². The smallest absolute Gasteiger partial charge is 0.243 e. The molecule has 0 bridgehead atoms. The van der Waals surface area contributed by atoms with E-state index in [1.807, 2.05) is 44.2 Å². The summed E-state index contributed by atoms with van der Waals surface area (Å²) < 4.78 is 33.5. The van der Waals surface area contributed by atoms with Crippen molar-refractivity contribution in [2.45, 2.75) is 63.0 Å². The quantitative estimate of drug-likeness (QED) is 0.303. The molecule has 10 heteroatoms. The number of sulfonamides is 1. The summed E-state index contributed by atoms with van der Waals surface area (Å²) in [7, 11) is -2.42. The molecule has 0 heterocycles.